The molecule has 1 aromatic carbocycles. The first-order chi connectivity index (χ1) is 11.2. The van der Waals surface area contributed by atoms with Crippen LogP contribution in [0.5, 0.6) is 0 Å². The molecule has 1 saturated heterocycles. The van der Waals surface area contributed by atoms with Gasteiger partial charge in [0.15, 0.2) is 0 Å². The molecule has 0 saturated carbocycles. The van der Waals surface area contributed by atoms with Gasteiger partial charge in [-0.05, 0) is 24.1 Å². The first kappa shape index (κ1) is 15.5. The van der Waals surface area contributed by atoms with Gasteiger partial charge in [-0.1, -0.05) is 30.3 Å². The molecule has 0 spiro atoms. The lowest BCUT2D eigenvalue weighted by Crippen LogP contribution is -2.47. The van der Waals surface area contributed by atoms with Crippen LogP contribution in [0.3, 0.4) is 0 Å². The normalized spacial score (nSPS) is 15.6. The Morgan fingerprint density at radius 2 is 1.83 bits per heavy atom. The number of anilines is 1. The second-order valence-corrected chi connectivity index (χ2v) is 5.83. The molecule has 5 heteroatoms. The van der Waals surface area contributed by atoms with E-state index in [1.54, 1.807) is 12.3 Å². The van der Waals surface area contributed by atoms with Gasteiger partial charge in [-0.25, -0.2) is 0 Å². The lowest BCUT2D eigenvalue weighted by atomic mass is 10.1. The number of rotatable bonds is 5. The van der Waals surface area contributed by atoms with E-state index in [1.807, 2.05) is 6.07 Å². The van der Waals surface area contributed by atoms with Gasteiger partial charge in [0.25, 0.3) is 5.91 Å². The lowest BCUT2D eigenvalue weighted by molar-refractivity contribution is 0.0995. The summed E-state index contributed by atoms with van der Waals surface area (Å²) in [6.45, 7) is 5.05. The van der Waals surface area contributed by atoms with E-state index in [9.17, 15) is 4.79 Å². The largest absolute Gasteiger partial charge is 0.369 e. The zero-order chi connectivity index (χ0) is 16.1. The fourth-order valence-electron chi connectivity index (χ4n) is 2.91. The van der Waals surface area contributed by atoms with Crippen molar-refractivity contribution in [3.8, 4) is 0 Å². The average molecular weight is 310 g/mol. The maximum absolute atomic E-state index is 11.2. The summed E-state index contributed by atoms with van der Waals surface area (Å²) in [6.07, 6.45) is 2.74. The maximum atomic E-state index is 11.2. The predicted octanol–water partition coefficient (Wildman–Crippen LogP) is 1.55. The number of primary amides is 1. The second-order valence-electron chi connectivity index (χ2n) is 5.83. The molecule has 0 atom stereocenters. The number of carbonyl (C=O) groups is 1. The molecule has 2 N–H and O–H groups in total. The number of hydrogen-bond donors (Lipinski definition) is 1. The topological polar surface area (TPSA) is 62.5 Å². The Morgan fingerprint density at radius 3 is 2.52 bits per heavy atom. The number of aromatic nitrogens is 1. The minimum absolute atomic E-state index is 0.328. The molecule has 1 aromatic heterocycles. The van der Waals surface area contributed by atoms with Gasteiger partial charge in [0, 0.05) is 44.6 Å². The van der Waals surface area contributed by atoms with Crippen molar-refractivity contribution < 1.29 is 4.79 Å². The van der Waals surface area contributed by atoms with Crippen LogP contribution in [0.1, 0.15) is 16.1 Å². The number of hydrogen-bond acceptors (Lipinski definition) is 4. The predicted molar refractivity (Wildman–Crippen MR) is 91.6 cm³/mol. The van der Waals surface area contributed by atoms with E-state index in [4.69, 9.17) is 5.73 Å². The molecule has 0 unspecified atom stereocenters. The SMILES string of the molecule is NC(=O)c1cc(N2CCN(CCc3ccccc3)CC2)ccn1. The van der Waals surface area contributed by atoms with Gasteiger partial charge in [0.2, 0.25) is 0 Å². The van der Waals surface area contributed by atoms with Crippen LogP contribution in [-0.2, 0) is 6.42 Å². The van der Waals surface area contributed by atoms with Gasteiger partial charge in [0.05, 0.1) is 0 Å². The van der Waals surface area contributed by atoms with Gasteiger partial charge >= 0.3 is 0 Å². The molecule has 1 aliphatic heterocycles. The van der Waals surface area contributed by atoms with Crippen molar-refractivity contribution in [2.24, 2.45) is 5.73 Å². The van der Waals surface area contributed by atoms with Crippen LogP contribution < -0.4 is 10.6 Å². The van der Waals surface area contributed by atoms with Crippen LogP contribution >= 0.6 is 0 Å². The van der Waals surface area contributed by atoms with Crippen molar-refractivity contribution in [3.63, 3.8) is 0 Å². The molecule has 1 aliphatic rings. The molecule has 2 aromatic rings. The Bertz CT molecular complexity index is 651. The molecule has 0 bridgehead atoms. The summed E-state index contributed by atoms with van der Waals surface area (Å²) in [6, 6.07) is 14.3. The highest BCUT2D eigenvalue weighted by Crippen LogP contribution is 2.17. The number of carbonyl (C=O) groups excluding carboxylic acids is 1. The lowest BCUT2D eigenvalue weighted by Gasteiger charge is -2.36. The number of piperazine rings is 1. The molecule has 1 amide bonds. The molecular formula is C18H22N4O. The quantitative estimate of drug-likeness (QED) is 0.910. The van der Waals surface area contributed by atoms with Gasteiger partial charge in [-0.15, -0.1) is 0 Å². The van der Waals surface area contributed by atoms with Crippen LogP contribution in [-0.4, -0.2) is 48.5 Å². The van der Waals surface area contributed by atoms with E-state index < -0.39 is 5.91 Å². The first-order valence-corrected chi connectivity index (χ1v) is 7.99. The summed E-state index contributed by atoms with van der Waals surface area (Å²) in [4.78, 5) is 20.0. The van der Waals surface area contributed by atoms with Gasteiger partial charge in [-0.2, -0.15) is 0 Å². The number of nitrogens with two attached hydrogens (primary N) is 1. The fraction of sp³-hybridized carbons (Fsp3) is 0.333. The van der Waals surface area contributed by atoms with E-state index in [0.29, 0.717) is 5.69 Å². The highest BCUT2D eigenvalue weighted by Gasteiger charge is 2.17. The molecule has 2 heterocycles. The highest BCUT2D eigenvalue weighted by atomic mass is 16.1. The van der Waals surface area contributed by atoms with Gasteiger partial charge in [0.1, 0.15) is 5.69 Å². The number of nitrogens with zero attached hydrogens (tertiary/aromatic N) is 3. The number of pyridine rings is 1. The van der Waals surface area contributed by atoms with E-state index >= 15 is 0 Å². The standard InChI is InChI=1S/C18H22N4O/c19-18(23)17-14-16(6-8-20-17)22-12-10-21(11-13-22)9-7-15-4-2-1-3-5-15/h1-6,8,14H,7,9-13H2,(H2,19,23). The third-order valence-corrected chi connectivity index (χ3v) is 4.29. The monoisotopic (exact) mass is 310 g/mol. The molecule has 120 valence electrons. The number of benzene rings is 1. The average Bonchev–Trinajstić information content (AvgIpc) is 2.61. The molecule has 1 fully saturated rings. The zero-order valence-corrected chi connectivity index (χ0v) is 13.2. The maximum Gasteiger partial charge on any atom is 0.267 e. The molecule has 0 aliphatic carbocycles. The van der Waals surface area contributed by atoms with Crippen molar-refractivity contribution in [2.75, 3.05) is 37.6 Å². The molecule has 0 radical (unpaired) electrons. The molecular weight excluding hydrogens is 288 g/mol. The molecule has 5 nitrogen and oxygen atoms in total. The van der Waals surface area contributed by atoms with E-state index in [0.717, 1.165) is 44.8 Å². The summed E-state index contributed by atoms with van der Waals surface area (Å²) in [5.41, 5.74) is 8.04. The summed E-state index contributed by atoms with van der Waals surface area (Å²) < 4.78 is 0. The summed E-state index contributed by atoms with van der Waals surface area (Å²) in [7, 11) is 0. The van der Waals surface area contributed by atoms with Gasteiger partial charge in [-0.3, -0.25) is 14.7 Å². The van der Waals surface area contributed by atoms with Crippen molar-refractivity contribution >= 4 is 11.6 Å². The third kappa shape index (κ3) is 4.07. The Hall–Kier alpha value is -2.40. The van der Waals surface area contributed by atoms with Crippen molar-refractivity contribution in [1.29, 1.82) is 0 Å². The van der Waals surface area contributed by atoms with Gasteiger partial charge < -0.3 is 10.6 Å². The second kappa shape index (κ2) is 7.24. The third-order valence-electron chi connectivity index (χ3n) is 4.29. The summed E-state index contributed by atoms with van der Waals surface area (Å²) in [5, 5.41) is 0. The Balaban J connectivity index is 1.52. The Labute approximate surface area is 136 Å². The van der Waals surface area contributed by atoms with E-state index in [2.05, 4.69) is 45.1 Å². The van der Waals surface area contributed by atoms with Crippen molar-refractivity contribution in [2.45, 2.75) is 6.42 Å². The highest BCUT2D eigenvalue weighted by molar-refractivity contribution is 5.91. The van der Waals surface area contributed by atoms with E-state index in [1.165, 1.54) is 5.56 Å². The van der Waals surface area contributed by atoms with Crippen molar-refractivity contribution in [1.82, 2.24) is 9.88 Å². The summed E-state index contributed by atoms with van der Waals surface area (Å²) in [5.74, 6) is -0.478. The van der Waals surface area contributed by atoms with Crippen LogP contribution in [0, 0.1) is 0 Å². The van der Waals surface area contributed by atoms with Crippen LogP contribution in [0.4, 0.5) is 5.69 Å². The van der Waals surface area contributed by atoms with Crippen LogP contribution in [0.15, 0.2) is 48.7 Å². The van der Waals surface area contributed by atoms with Crippen molar-refractivity contribution in [3.05, 3.63) is 59.9 Å². The number of amides is 1. The fourth-order valence-corrected chi connectivity index (χ4v) is 2.91. The first-order valence-electron chi connectivity index (χ1n) is 7.99. The Morgan fingerprint density at radius 1 is 1.09 bits per heavy atom. The van der Waals surface area contributed by atoms with Crippen LogP contribution in [0.25, 0.3) is 0 Å². The molecule has 23 heavy (non-hydrogen) atoms. The van der Waals surface area contributed by atoms with Crippen LogP contribution in [0.2, 0.25) is 0 Å². The zero-order valence-electron chi connectivity index (χ0n) is 13.2. The minimum atomic E-state index is -0.478. The van der Waals surface area contributed by atoms with E-state index in [-0.39, 0.29) is 0 Å². The molecule has 3 rings (SSSR count). The minimum Gasteiger partial charge on any atom is -0.369 e. The smallest absolute Gasteiger partial charge is 0.267 e. The summed E-state index contributed by atoms with van der Waals surface area (Å²) >= 11 is 0. The Kier molecular flexibility index (Phi) is 4.88.